The molecule has 0 fully saturated rings. The van der Waals surface area contributed by atoms with Gasteiger partial charge >= 0.3 is 12.0 Å². The van der Waals surface area contributed by atoms with E-state index in [1.165, 1.54) is 13.3 Å². The van der Waals surface area contributed by atoms with Crippen molar-refractivity contribution in [2.45, 2.75) is 26.1 Å². The predicted molar refractivity (Wildman–Crippen MR) is 153 cm³/mol. The highest BCUT2D eigenvalue weighted by molar-refractivity contribution is 6.42. The Balaban J connectivity index is 1.39. The zero-order valence-electron chi connectivity index (χ0n) is 22.4. The summed E-state index contributed by atoms with van der Waals surface area (Å²) in [6, 6.07) is 12.4. The fourth-order valence-corrected chi connectivity index (χ4v) is 4.33. The van der Waals surface area contributed by atoms with Gasteiger partial charge in [-0.15, -0.1) is 0 Å². The summed E-state index contributed by atoms with van der Waals surface area (Å²) in [5.74, 6) is 1.16. The van der Waals surface area contributed by atoms with Gasteiger partial charge in [-0.2, -0.15) is 5.10 Å². The first-order valence-electron chi connectivity index (χ1n) is 12.5. The van der Waals surface area contributed by atoms with Crippen molar-refractivity contribution in [2.24, 2.45) is 5.10 Å². The van der Waals surface area contributed by atoms with Crippen LogP contribution in [-0.2, 0) is 9.53 Å². The molecular weight excluding hydrogens is 575 g/mol. The Morgan fingerprint density at radius 1 is 1.15 bits per heavy atom. The van der Waals surface area contributed by atoms with Crippen LogP contribution in [0.25, 0.3) is 11.3 Å². The van der Waals surface area contributed by atoms with Crippen molar-refractivity contribution < 1.29 is 33.3 Å². The number of hydrogen-bond donors (Lipinski definition) is 4. The number of nitrogens with zero attached hydrogens (tertiary/aromatic N) is 1. The van der Waals surface area contributed by atoms with Crippen molar-refractivity contribution >= 4 is 41.4 Å². The molecule has 0 aliphatic carbocycles. The normalized spacial score (nSPS) is 15.8. The van der Waals surface area contributed by atoms with Crippen LogP contribution in [0.3, 0.4) is 0 Å². The van der Waals surface area contributed by atoms with Crippen molar-refractivity contribution in [3.05, 3.63) is 81.2 Å². The van der Waals surface area contributed by atoms with E-state index < -0.39 is 24.3 Å². The number of carbonyl (C=O) groups excluding carboxylic acids is 2. The number of ether oxygens (including phenoxy) is 3. The van der Waals surface area contributed by atoms with E-state index in [-0.39, 0.29) is 12.2 Å². The van der Waals surface area contributed by atoms with Gasteiger partial charge in [0.25, 0.3) is 0 Å². The number of hydrogen-bond acceptors (Lipinski definition) is 9. The average Bonchev–Trinajstić information content (AvgIpc) is 3.42. The van der Waals surface area contributed by atoms with Gasteiger partial charge in [0.05, 0.1) is 41.6 Å². The summed E-state index contributed by atoms with van der Waals surface area (Å²) in [5.41, 5.74) is 4.55. The van der Waals surface area contributed by atoms with Crippen LogP contribution in [0, 0.1) is 0 Å². The largest absolute Gasteiger partial charge is 0.490 e. The number of furan rings is 1. The van der Waals surface area contributed by atoms with Gasteiger partial charge < -0.3 is 34.4 Å². The second-order valence-corrected chi connectivity index (χ2v) is 9.56. The highest BCUT2D eigenvalue weighted by Gasteiger charge is 2.32. The number of carbonyl (C=O) groups is 2. The number of nitrogens with one attached hydrogen (secondary N) is 3. The van der Waals surface area contributed by atoms with Crippen LogP contribution in [0.5, 0.6) is 11.5 Å². The number of urea groups is 1. The molecule has 1 aliphatic heterocycles. The molecule has 216 valence electrons. The number of benzene rings is 2. The Kier molecular flexibility index (Phi) is 9.77. The number of halogens is 2. The van der Waals surface area contributed by atoms with Crippen LogP contribution in [0.15, 0.2) is 69.3 Å². The van der Waals surface area contributed by atoms with Gasteiger partial charge in [0.2, 0.25) is 0 Å². The minimum Gasteiger partial charge on any atom is -0.490 e. The molecule has 0 saturated heterocycles. The predicted octanol–water partition coefficient (Wildman–Crippen LogP) is 4.77. The minimum absolute atomic E-state index is 0.167. The van der Waals surface area contributed by atoms with Crippen LogP contribution < -0.4 is 25.5 Å². The smallest absolute Gasteiger partial charge is 0.337 e. The third-order valence-corrected chi connectivity index (χ3v) is 6.66. The topological polar surface area (TPSA) is 144 Å². The van der Waals surface area contributed by atoms with Crippen molar-refractivity contribution in [2.75, 3.05) is 20.3 Å². The second-order valence-electron chi connectivity index (χ2n) is 8.75. The maximum absolute atomic E-state index is 12.4. The van der Waals surface area contributed by atoms with Crippen molar-refractivity contribution in [3.63, 3.8) is 0 Å². The number of methoxy groups -OCH3 is 1. The van der Waals surface area contributed by atoms with E-state index in [0.717, 1.165) is 5.56 Å². The van der Waals surface area contributed by atoms with Gasteiger partial charge in [0, 0.05) is 11.3 Å². The number of hydrazone groups is 1. The molecule has 1 aliphatic rings. The number of amides is 2. The molecule has 2 aromatic carbocycles. The number of aliphatic hydroxyl groups is 1. The lowest BCUT2D eigenvalue weighted by atomic mass is 9.95. The maximum atomic E-state index is 12.4. The van der Waals surface area contributed by atoms with E-state index >= 15 is 0 Å². The molecule has 4 N–H and O–H groups in total. The molecule has 0 saturated carbocycles. The van der Waals surface area contributed by atoms with Gasteiger partial charge in [0.1, 0.15) is 18.1 Å². The van der Waals surface area contributed by atoms with E-state index in [1.807, 2.05) is 0 Å². The molecule has 13 heteroatoms. The fourth-order valence-electron chi connectivity index (χ4n) is 4.04. The summed E-state index contributed by atoms with van der Waals surface area (Å²) < 4.78 is 22.1. The molecule has 11 nitrogen and oxygen atoms in total. The van der Waals surface area contributed by atoms with Crippen molar-refractivity contribution in [3.8, 4) is 22.8 Å². The lowest BCUT2D eigenvalue weighted by molar-refractivity contribution is -0.136. The molecule has 41 heavy (non-hydrogen) atoms. The molecule has 2 heterocycles. The summed E-state index contributed by atoms with van der Waals surface area (Å²) in [6.07, 6.45) is 0.247. The SMILES string of the molecule is CCOc1cc([C@@H]2NC(=O)NC(C)=C2C(=O)OC)ccc1OC[C@H](O)N/N=C/c1ccc(-c2ccc(Cl)c(Cl)c2)o1. The first-order valence-corrected chi connectivity index (χ1v) is 13.2. The van der Waals surface area contributed by atoms with Crippen LogP contribution in [-0.4, -0.2) is 49.9 Å². The third kappa shape index (κ3) is 7.31. The summed E-state index contributed by atoms with van der Waals surface area (Å²) in [4.78, 5) is 24.5. The molecular formula is C28H28Cl2N4O7. The first kappa shape index (κ1) is 29.8. The number of esters is 1. The Bertz CT molecular complexity index is 1490. The van der Waals surface area contributed by atoms with E-state index in [0.29, 0.717) is 50.9 Å². The highest BCUT2D eigenvalue weighted by Crippen LogP contribution is 2.35. The summed E-state index contributed by atoms with van der Waals surface area (Å²) >= 11 is 12.0. The van der Waals surface area contributed by atoms with Crippen LogP contribution in [0.4, 0.5) is 4.79 Å². The average molecular weight is 603 g/mol. The Morgan fingerprint density at radius 2 is 1.95 bits per heavy atom. The Labute approximate surface area is 246 Å². The molecule has 0 unspecified atom stereocenters. The van der Waals surface area contributed by atoms with Gasteiger partial charge in [-0.1, -0.05) is 29.3 Å². The third-order valence-electron chi connectivity index (χ3n) is 5.92. The Hall–Kier alpha value is -4.19. The number of aliphatic hydroxyl groups excluding tert-OH is 1. The zero-order valence-corrected chi connectivity index (χ0v) is 23.9. The van der Waals surface area contributed by atoms with Crippen LogP contribution >= 0.6 is 23.2 Å². The van der Waals surface area contributed by atoms with Crippen molar-refractivity contribution in [1.82, 2.24) is 16.1 Å². The quantitative estimate of drug-likeness (QED) is 0.106. The lowest BCUT2D eigenvalue weighted by Crippen LogP contribution is -2.45. The first-order chi connectivity index (χ1) is 19.7. The summed E-state index contributed by atoms with van der Waals surface area (Å²) in [6.45, 7) is 3.59. The van der Waals surface area contributed by atoms with Gasteiger partial charge in [-0.05, 0) is 61.9 Å². The summed E-state index contributed by atoms with van der Waals surface area (Å²) in [5, 5.41) is 20.5. The molecule has 2 atom stereocenters. The van der Waals surface area contributed by atoms with E-state index in [9.17, 15) is 14.7 Å². The molecule has 0 spiro atoms. The molecule has 0 radical (unpaired) electrons. The monoisotopic (exact) mass is 602 g/mol. The van der Waals surface area contributed by atoms with E-state index in [4.69, 9.17) is 41.8 Å². The second kappa shape index (κ2) is 13.4. The standard InChI is InChI=1S/C28H28Cl2N4O7/c1-4-39-23-12-17(26-25(27(36)38-3)15(2)32-28(37)33-26)6-9-22(23)40-14-24(35)34-31-13-18-7-10-21(41-18)16-5-8-19(29)20(30)11-16/h5-13,24,26,34-35H,4,14H2,1-3H3,(H2,32,33,37)/b31-13+/t24-,26-/m0/s1. The molecule has 4 rings (SSSR count). The van der Waals surface area contributed by atoms with Gasteiger partial charge in [0.15, 0.2) is 17.7 Å². The maximum Gasteiger partial charge on any atom is 0.337 e. The van der Waals surface area contributed by atoms with Crippen LogP contribution in [0.1, 0.15) is 31.2 Å². The summed E-state index contributed by atoms with van der Waals surface area (Å²) in [7, 11) is 1.27. The number of allylic oxidation sites excluding steroid dienone is 1. The Morgan fingerprint density at radius 3 is 2.68 bits per heavy atom. The zero-order chi connectivity index (χ0) is 29.5. The van der Waals surface area contributed by atoms with Crippen molar-refractivity contribution in [1.29, 1.82) is 0 Å². The molecule has 0 bridgehead atoms. The molecule has 3 aromatic rings. The van der Waals surface area contributed by atoms with Crippen LogP contribution in [0.2, 0.25) is 10.0 Å². The highest BCUT2D eigenvalue weighted by atomic mass is 35.5. The van der Waals surface area contributed by atoms with E-state index in [2.05, 4.69) is 21.2 Å². The van der Waals surface area contributed by atoms with E-state index in [1.54, 1.807) is 62.4 Å². The molecule has 2 amide bonds. The van der Waals surface area contributed by atoms with Gasteiger partial charge in [-0.25, -0.2) is 9.59 Å². The molecule has 1 aromatic heterocycles. The van der Waals surface area contributed by atoms with Gasteiger partial charge in [-0.3, -0.25) is 5.43 Å². The number of rotatable bonds is 11. The lowest BCUT2D eigenvalue weighted by Gasteiger charge is -2.28. The fraction of sp³-hybridized carbons (Fsp3) is 0.250. The minimum atomic E-state index is -1.16.